The van der Waals surface area contributed by atoms with E-state index in [1.807, 2.05) is 12.2 Å². The Morgan fingerprint density at radius 3 is 3.13 bits per heavy atom. The molecule has 0 aliphatic heterocycles. The van der Waals surface area contributed by atoms with Crippen LogP contribution >= 0.6 is 23.4 Å². The van der Waals surface area contributed by atoms with Gasteiger partial charge in [-0.25, -0.2) is 0 Å². The molecule has 0 unspecified atom stereocenters. The van der Waals surface area contributed by atoms with Gasteiger partial charge in [0.2, 0.25) is 0 Å². The molecule has 0 aromatic carbocycles. The highest BCUT2D eigenvalue weighted by Gasteiger charge is 1.92. The number of hydrogen-bond acceptors (Lipinski definition) is 3. The van der Waals surface area contributed by atoms with Crippen molar-refractivity contribution in [3.05, 3.63) is 35.1 Å². The molecule has 0 spiro atoms. The van der Waals surface area contributed by atoms with Crippen LogP contribution in [0.1, 0.15) is 19.0 Å². The van der Waals surface area contributed by atoms with E-state index in [-0.39, 0.29) is 5.12 Å². The molecular weight excluding hydrogens is 230 g/mol. The lowest BCUT2D eigenvalue weighted by Crippen LogP contribution is -1.84. The van der Waals surface area contributed by atoms with Crippen molar-refractivity contribution in [2.75, 3.05) is 5.75 Å². The van der Waals surface area contributed by atoms with Crippen molar-refractivity contribution >= 4 is 34.6 Å². The highest BCUT2D eigenvalue weighted by Crippen LogP contribution is 2.10. The van der Waals surface area contributed by atoms with Crippen molar-refractivity contribution in [2.24, 2.45) is 0 Å². The van der Waals surface area contributed by atoms with Crippen molar-refractivity contribution in [2.45, 2.75) is 13.3 Å². The first-order chi connectivity index (χ1) is 7.18. The van der Waals surface area contributed by atoms with Crippen molar-refractivity contribution in [1.82, 2.24) is 4.98 Å². The average Bonchev–Trinajstić information content (AvgIpc) is 2.17. The summed E-state index contributed by atoms with van der Waals surface area (Å²) in [5.74, 6) is 0.812. The van der Waals surface area contributed by atoms with Crippen LogP contribution in [0.4, 0.5) is 0 Å². The summed E-state index contributed by atoms with van der Waals surface area (Å²) in [5, 5.41) is 0.840. The van der Waals surface area contributed by atoms with Crippen LogP contribution in [0.2, 0.25) is 5.02 Å². The number of carbonyl (C=O) groups excluding carboxylic acids is 1. The Balaban J connectivity index is 2.35. The summed E-state index contributed by atoms with van der Waals surface area (Å²) in [4.78, 5) is 14.8. The first-order valence-electron chi connectivity index (χ1n) is 4.60. The van der Waals surface area contributed by atoms with Gasteiger partial charge in [-0.3, -0.25) is 9.78 Å². The summed E-state index contributed by atoms with van der Waals surface area (Å²) in [7, 11) is 0. The fraction of sp³-hybridized carbons (Fsp3) is 0.273. The van der Waals surface area contributed by atoms with E-state index in [1.165, 1.54) is 11.8 Å². The number of allylic oxidation sites excluding steroid dienone is 1. The molecule has 0 aliphatic rings. The maximum Gasteiger partial charge on any atom is 0.185 e. The van der Waals surface area contributed by atoms with Crippen LogP contribution in [0.5, 0.6) is 0 Å². The zero-order valence-electron chi connectivity index (χ0n) is 8.44. The number of aromatic nitrogens is 1. The van der Waals surface area contributed by atoms with E-state index in [0.717, 1.165) is 17.9 Å². The van der Waals surface area contributed by atoms with E-state index in [0.29, 0.717) is 5.02 Å². The average molecular weight is 242 g/mol. The van der Waals surface area contributed by atoms with E-state index < -0.39 is 0 Å². The summed E-state index contributed by atoms with van der Waals surface area (Å²) < 4.78 is 0. The molecule has 0 aliphatic carbocycles. The van der Waals surface area contributed by atoms with Gasteiger partial charge in [0.15, 0.2) is 5.12 Å². The third kappa shape index (κ3) is 5.60. The van der Waals surface area contributed by atoms with Gasteiger partial charge in [0, 0.05) is 23.9 Å². The molecule has 0 bridgehead atoms. The van der Waals surface area contributed by atoms with Gasteiger partial charge in [-0.1, -0.05) is 29.4 Å². The van der Waals surface area contributed by atoms with Crippen molar-refractivity contribution < 1.29 is 4.79 Å². The predicted octanol–water partition coefficient (Wildman–Crippen LogP) is 3.42. The SMILES string of the molecule is CC(=O)SCCC=Cc1cc(Cl)ccn1. The third-order valence-electron chi connectivity index (χ3n) is 1.62. The van der Waals surface area contributed by atoms with Gasteiger partial charge in [0.1, 0.15) is 0 Å². The molecule has 0 N–H and O–H groups in total. The molecule has 0 amide bonds. The number of hydrogen-bond donors (Lipinski definition) is 0. The smallest absolute Gasteiger partial charge is 0.185 e. The van der Waals surface area contributed by atoms with E-state index >= 15 is 0 Å². The third-order valence-corrected chi connectivity index (χ3v) is 2.70. The number of halogens is 1. The summed E-state index contributed by atoms with van der Waals surface area (Å²) in [5.41, 5.74) is 0.843. The van der Waals surface area contributed by atoms with Gasteiger partial charge in [0.05, 0.1) is 5.69 Å². The van der Waals surface area contributed by atoms with Gasteiger partial charge in [-0.05, 0) is 24.6 Å². The summed E-state index contributed by atoms with van der Waals surface area (Å²) in [6.07, 6.45) is 6.44. The molecule has 1 aromatic heterocycles. The number of pyridine rings is 1. The number of nitrogens with zero attached hydrogens (tertiary/aromatic N) is 1. The molecule has 0 radical (unpaired) electrons. The highest BCUT2D eigenvalue weighted by molar-refractivity contribution is 8.13. The maximum absolute atomic E-state index is 10.6. The fourth-order valence-corrected chi connectivity index (χ4v) is 1.70. The Labute approximate surface area is 98.7 Å². The zero-order chi connectivity index (χ0) is 11.1. The molecule has 2 nitrogen and oxygen atoms in total. The van der Waals surface area contributed by atoms with Crippen LogP contribution in [0, 0.1) is 0 Å². The van der Waals surface area contributed by atoms with E-state index in [9.17, 15) is 4.79 Å². The van der Waals surface area contributed by atoms with Gasteiger partial charge in [-0.15, -0.1) is 0 Å². The lowest BCUT2D eigenvalue weighted by atomic mass is 10.3. The molecule has 1 aromatic rings. The summed E-state index contributed by atoms with van der Waals surface area (Å²) in [6, 6.07) is 3.54. The molecule has 0 saturated carbocycles. The second-order valence-corrected chi connectivity index (χ2v) is 4.64. The molecule has 0 fully saturated rings. The standard InChI is InChI=1S/C11H12ClNOS/c1-9(14)15-7-3-2-4-11-8-10(12)5-6-13-11/h2,4-6,8H,3,7H2,1H3. The molecular formula is C11H12ClNOS. The van der Waals surface area contributed by atoms with Crippen molar-refractivity contribution in [3.8, 4) is 0 Å². The Bertz CT molecular complexity index is 365. The molecule has 1 heterocycles. The molecule has 1 rings (SSSR count). The van der Waals surface area contributed by atoms with Gasteiger partial charge in [-0.2, -0.15) is 0 Å². The Morgan fingerprint density at radius 1 is 1.67 bits per heavy atom. The van der Waals surface area contributed by atoms with Crippen LogP contribution in [0.15, 0.2) is 24.4 Å². The van der Waals surface area contributed by atoms with Crippen LogP contribution < -0.4 is 0 Å². The predicted molar refractivity (Wildman–Crippen MR) is 66.0 cm³/mol. The molecule has 4 heteroatoms. The van der Waals surface area contributed by atoms with E-state index in [1.54, 1.807) is 25.3 Å². The Kier molecular flexibility index (Phi) is 5.43. The normalized spacial score (nSPS) is 10.8. The van der Waals surface area contributed by atoms with Crippen LogP contribution in [0.3, 0.4) is 0 Å². The zero-order valence-corrected chi connectivity index (χ0v) is 10.0. The van der Waals surface area contributed by atoms with Gasteiger partial charge < -0.3 is 0 Å². The fourth-order valence-electron chi connectivity index (χ4n) is 0.987. The highest BCUT2D eigenvalue weighted by atomic mass is 35.5. The molecule has 15 heavy (non-hydrogen) atoms. The summed E-state index contributed by atoms with van der Waals surface area (Å²) >= 11 is 7.14. The minimum absolute atomic E-state index is 0.157. The minimum Gasteiger partial charge on any atom is -0.288 e. The topological polar surface area (TPSA) is 30.0 Å². The van der Waals surface area contributed by atoms with Crippen molar-refractivity contribution in [1.29, 1.82) is 0 Å². The Morgan fingerprint density at radius 2 is 2.47 bits per heavy atom. The Hall–Kier alpha value is -0.800. The van der Waals surface area contributed by atoms with Crippen LogP contribution in [0.25, 0.3) is 6.08 Å². The first kappa shape index (κ1) is 12.3. The first-order valence-corrected chi connectivity index (χ1v) is 5.96. The lowest BCUT2D eigenvalue weighted by molar-refractivity contribution is -0.109. The minimum atomic E-state index is 0.157. The second kappa shape index (κ2) is 6.64. The molecule has 0 saturated heterocycles. The van der Waals surface area contributed by atoms with Crippen molar-refractivity contribution in [3.63, 3.8) is 0 Å². The number of rotatable bonds is 4. The van der Waals surface area contributed by atoms with Crippen LogP contribution in [-0.2, 0) is 4.79 Å². The van der Waals surface area contributed by atoms with Gasteiger partial charge in [0.25, 0.3) is 0 Å². The van der Waals surface area contributed by atoms with E-state index in [4.69, 9.17) is 11.6 Å². The van der Waals surface area contributed by atoms with E-state index in [2.05, 4.69) is 4.98 Å². The largest absolute Gasteiger partial charge is 0.288 e. The number of thioether (sulfide) groups is 1. The number of carbonyl (C=O) groups is 1. The van der Waals surface area contributed by atoms with Crippen LogP contribution in [-0.4, -0.2) is 15.9 Å². The summed E-state index contributed by atoms with van der Waals surface area (Å²) in [6.45, 7) is 1.58. The van der Waals surface area contributed by atoms with Gasteiger partial charge >= 0.3 is 0 Å². The second-order valence-electron chi connectivity index (χ2n) is 2.93. The lowest BCUT2D eigenvalue weighted by Gasteiger charge is -1.94. The molecule has 80 valence electrons. The molecule has 0 atom stereocenters. The quantitative estimate of drug-likeness (QED) is 0.757. The maximum atomic E-state index is 10.6. The monoisotopic (exact) mass is 241 g/mol.